The SMILES string of the molecule is CCCCOc1ccc(Br)cc1C=c1sc2n(c1=O)C(c1ccccc1OC)C(C(=O)OCCOC)=C(C)N=2. The van der Waals surface area contributed by atoms with Gasteiger partial charge in [-0.25, -0.2) is 9.79 Å². The van der Waals surface area contributed by atoms with Crippen LogP contribution >= 0.6 is 27.3 Å². The molecule has 0 fully saturated rings. The average Bonchev–Trinajstić information content (AvgIpc) is 3.23. The smallest absolute Gasteiger partial charge is 0.338 e. The van der Waals surface area contributed by atoms with E-state index in [2.05, 4.69) is 27.8 Å². The van der Waals surface area contributed by atoms with Gasteiger partial charge in [0.2, 0.25) is 0 Å². The zero-order valence-electron chi connectivity index (χ0n) is 22.4. The van der Waals surface area contributed by atoms with Crippen molar-refractivity contribution in [3.8, 4) is 11.5 Å². The van der Waals surface area contributed by atoms with Crippen molar-refractivity contribution in [2.45, 2.75) is 32.7 Å². The number of allylic oxidation sites excluding steroid dienone is 1. The highest BCUT2D eigenvalue weighted by atomic mass is 79.9. The fourth-order valence-corrected chi connectivity index (χ4v) is 5.71. The first-order chi connectivity index (χ1) is 18.9. The maximum Gasteiger partial charge on any atom is 0.338 e. The van der Waals surface area contributed by atoms with E-state index in [1.165, 1.54) is 18.4 Å². The number of hydrogen-bond donors (Lipinski definition) is 0. The highest BCUT2D eigenvalue weighted by molar-refractivity contribution is 9.10. The minimum atomic E-state index is -0.780. The first kappa shape index (κ1) is 28.8. The Bertz CT molecular complexity index is 1560. The van der Waals surface area contributed by atoms with Gasteiger partial charge in [-0.1, -0.05) is 58.8 Å². The number of halogens is 1. The van der Waals surface area contributed by atoms with Crippen LogP contribution in [0.2, 0.25) is 0 Å². The number of carbonyl (C=O) groups is 1. The molecule has 39 heavy (non-hydrogen) atoms. The molecule has 0 saturated carbocycles. The standard InChI is InChI=1S/C29H31BrN2O6S/c1-5-6-13-37-22-12-11-20(30)16-19(22)17-24-27(33)32-26(21-9-7-8-10-23(21)36-4)25(18(2)31-29(32)39-24)28(34)38-15-14-35-3/h7-12,16-17,26H,5-6,13-15H2,1-4H3. The van der Waals surface area contributed by atoms with Crippen LogP contribution in [-0.2, 0) is 14.3 Å². The highest BCUT2D eigenvalue weighted by Gasteiger charge is 2.35. The summed E-state index contributed by atoms with van der Waals surface area (Å²) >= 11 is 4.79. The lowest BCUT2D eigenvalue weighted by molar-refractivity contribution is -0.140. The molecule has 0 aliphatic carbocycles. The Labute approximate surface area is 239 Å². The summed E-state index contributed by atoms with van der Waals surface area (Å²) in [6, 6.07) is 12.3. The Hall–Kier alpha value is -3.21. The number of ether oxygens (including phenoxy) is 4. The van der Waals surface area contributed by atoms with Crippen molar-refractivity contribution in [1.29, 1.82) is 0 Å². The summed E-state index contributed by atoms with van der Waals surface area (Å²) in [5, 5.41) is 0. The monoisotopic (exact) mass is 614 g/mol. The van der Waals surface area contributed by atoms with Gasteiger partial charge in [-0.05, 0) is 43.7 Å². The van der Waals surface area contributed by atoms with Crippen LogP contribution in [0.1, 0.15) is 43.9 Å². The van der Waals surface area contributed by atoms with Gasteiger partial charge in [0.15, 0.2) is 4.80 Å². The molecule has 1 aliphatic rings. The van der Waals surface area contributed by atoms with Crippen molar-refractivity contribution < 1.29 is 23.7 Å². The minimum absolute atomic E-state index is 0.0822. The predicted octanol–water partition coefficient (Wildman–Crippen LogP) is 4.37. The summed E-state index contributed by atoms with van der Waals surface area (Å²) in [7, 11) is 3.09. The predicted molar refractivity (Wildman–Crippen MR) is 154 cm³/mol. The molecule has 8 nitrogen and oxygen atoms in total. The molecule has 0 bridgehead atoms. The summed E-state index contributed by atoms with van der Waals surface area (Å²) in [4.78, 5) is 32.4. The van der Waals surface area contributed by atoms with E-state index in [0.717, 1.165) is 22.9 Å². The number of unbranched alkanes of at least 4 members (excludes halogenated alkanes) is 1. The van der Waals surface area contributed by atoms with E-state index in [-0.39, 0.29) is 24.3 Å². The number of thiazole rings is 1. The van der Waals surface area contributed by atoms with Crippen molar-refractivity contribution in [2.24, 2.45) is 4.99 Å². The molecule has 4 rings (SSSR count). The number of fused-ring (bicyclic) bond motifs is 1. The Morgan fingerprint density at radius 3 is 2.67 bits per heavy atom. The Morgan fingerprint density at radius 2 is 1.92 bits per heavy atom. The Kier molecular flexibility index (Phi) is 9.77. The number of hydrogen-bond acceptors (Lipinski definition) is 8. The van der Waals surface area contributed by atoms with E-state index in [1.54, 1.807) is 24.7 Å². The number of carbonyl (C=O) groups excluding carboxylic acids is 1. The van der Waals surface area contributed by atoms with Gasteiger partial charge in [0.25, 0.3) is 5.56 Å². The third-order valence-electron chi connectivity index (χ3n) is 6.21. The van der Waals surface area contributed by atoms with Crippen LogP contribution in [0.5, 0.6) is 11.5 Å². The van der Waals surface area contributed by atoms with E-state index in [0.29, 0.717) is 38.7 Å². The van der Waals surface area contributed by atoms with E-state index in [4.69, 9.17) is 18.9 Å². The van der Waals surface area contributed by atoms with Gasteiger partial charge >= 0.3 is 5.97 Å². The van der Waals surface area contributed by atoms with Gasteiger partial charge in [-0.15, -0.1) is 0 Å². The van der Waals surface area contributed by atoms with Crippen molar-refractivity contribution in [2.75, 3.05) is 34.0 Å². The zero-order valence-corrected chi connectivity index (χ0v) is 24.8. The molecule has 0 N–H and O–H groups in total. The summed E-state index contributed by atoms with van der Waals surface area (Å²) in [5.74, 6) is 0.682. The largest absolute Gasteiger partial charge is 0.496 e. The second-order valence-electron chi connectivity index (χ2n) is 8.84. The zero-order chi connectivity index (χ0) is 27.9. The fraction of sp³-hybridized carbons (Fsp3) is 0.345. The number of esters is 1. The van der Waals surface area contributed by atoms with Crippen LogP contribution in [-0.4, -0.2) is 44.6 Å². The quantitative estimate of drug-likeness (QED) is 0.235. The second kappa shape index (κ2) is 13.2. The topological polar surface area (TPSA) is 88.4 Å². The molecule has 2 heterocycles. The number of methoxy groups -OCH3 is 2. The van der Waals surface area contributed by atoms with Gasteiger partial charge in [-0.2, -0.15) is 0 Å². The molecule has 0 spiro atoms. The summed E-state index contributed by atoms with van der Waals surface area (Å²) < 4.78 is 25.0. The first-order valence-corrected chi connectivity index (χ1v) is 14.2. The summed E-state index contributed by atoms with van der Waals surface area (Å²) in [6.45, 7) is 4.78. The van der Waals surface area contributed by atoms with Crippen molar-refractivity contribution in [1.82, 2.24) is 4.57 Å². The lowest BCUT2D eigenvalue weighted by Gasteiger charge is -2.26. The van der Waals surface area contributed by atoms with Crippen molar-refractivity contribution in [3.05, 3.63) is 89.0 Å². The van der Waals surface area contributed by atoms with Crippen LogP contribution in [0.3, 0.4) is 0 Å². The summed E-state index contributed by atoms with van der Waals surface area (Å²) in [6.07, 6.45) is 3.76. The van der Waals surface area contributed by atoms with Crippen LogP contribution in [0, 0.1) is 0 Å². The van der Waals surface area contributed by atoms with Crippen LogP contribution in [0.4, 0.5) is 0 Å². The normalized spacial score (nSPS) is 15.1. The van der Waals surface area contributed by atoms with Crippen LogP contribution in [0.25, 0.3) is 6.08 Å². The molecule has 0 saturated heterocycles. The number of nitrogens with zero attached hydrogens (tertiary/aromatic N) is 2. The van der Waals surface area contributed by atoms with Gasteiger partial charge < -0.3 is 18.9 Å². The molecule has 1 aromatic heterocycles. The molecule has 1 aliphatic heterocycles. The van der Waals surface area contributed by atoms with Crippen molar-refractivity contribution >= 4 is 39.3 Å². The number of rotatable bonds is 11. The molecule has 10 heteroatoms. The van der Waals surface area contributed by atoms with Crippen LogP contribution < -0.4 is 24.4 Å². The van der Waals surface area contributed by atoms with Crippen LogP contribution in [0.15, 0.2) is 68.0 Å². The van der Waals surface area contributed by atoms with Gasteiger partial charge in [-0.3, -0.25) is 9.36 Å². The number of para-hydroxylation sites is 1. The van der Waals surface area contributed by atoms with E-state index in [1.807, 2.05) is 42.5 Å². The third-order valence-corrected chi connectivity index (χ3v) is 7.69. The second-order valence-corrected chi connectivity index (χ2v) is 10.8. The highest BCUT2D eigenvalue weighted by Crippen LogP contribution is 2.35. The summed E-state index contributed by atoms with van der Waals surface area (Å²) in [5.41, 5.74) is 1.91. The van der Waals surface area contributed by atoms with E-state index >= 15 is 0 Å². The lowest BCUT2D eigenvalue weighted by atomic mass is 9.95. The molecule has 0 radical (unpaired) electrons. The fourth-order valence-electron chi connectivity index (χ4n) is 4.30. The van der Waals surface area contributed by atoms with E-state index in [9.17, 15) is 9.59 Å². The van der Waals surface area contributed by atoms with Gasteiger partial charge in [0.1, 0.15) is 24.1 Å². The number of benzene rings is 2. The molecule has 1 unspecified atom stereocenters. The third kappa shape index (κ3) is 6.34. The maximum atomic E-state index is 14.0. The molecule has 0 amide bonds. The van der Waals surface area contributed by atoms with E-state index < -0.39 is 12.0 Å². The Morgan fingerprint density at radius 1 is 1.13 bits per heavy atom. The molecule has 2 aromatic carbocycles. The average molecular weight is 616 g/mol. The number of aromatic nitrogens is 1. The molecule has 206 valence electrons. The maximum absolute atomic E-state index is 14.0. The molecular weight excluding hydrogens is 584 g/mol. The lowest BCUT2D eigenvalue weighted by Crippen LogP contribution is -2.40. The van der Waals surface area contributed by atoms with Gasteiger partial charge in [0.05, 0.1) is 36.1 Å². The molecule has 1 atom stereocenters. The Balaban J connectivity index is 1.89. The molecular formula is C29H31BrN2O6S. The first-order valence-electron chi connectivity index (χ1n) is 12.6. The minimum Gasteiger partial charge on any atom is -0.496 e. The van der Waals surface area contributed by atoms with Crippen molar-refractivity contribution in [3.63, 3.8) is 0 Å². The molecule has 3 aromatic rings. The van der Waals surface area contributed by atoms with Gasteiger partial charge in [0, 0.05) is 22.7 Å².